The average Bonchev–Trinajstić information content (AvgIpc) is 2.93. The second-order valence-electron chi connectivity index (χ2n) is 9.41. The fourth-order valence-corrected chi connectivity index (χ4v) is 5.39. The Morgan fingerprint density at radius 3 is 2.33 bits per heavy atom. The van der Waals surface area contributed by atoms with Crippen molar-refractivity contribution >= 4 is 27.7 Å². The normalized spacial score (nSPS) is 14.5. The van der Waals surface area contributed by atoms with Crippen molar-refractivity contribution in [1.82, 2.24) is 9.80 Å². The highest BCUT2D eigenvalue weighted by atomic mass is 32.2. The minimum atomic E-state index is -3.70. The molecule has 39 heavy (non-hydrogen) atoms. The van der Waals surface area contributed by atoms with Gasteiger partial charge in [0.15, 0.2) is 0 Å². The number of carbonyl (C=O) groups excluding carboxylic acids is 1. The Kier molecular flexibility index (Phi) is 9.37. The van der Waals surface area contributed by atoms with E-state index in [1.165, 1.54) is 28.6 Å². The Morgan fingerprint density at radius 2 is 1.69 bits per heavy atom. The molecule has 3 aromatic carbocycles. The van der Waals surface area contributed by atoms with Gasteiger partial charge in [-0.1, -0.05) is 42.5 Å². The molecule has 7 nitrogen and oxygen atoms in total. The van der Waals surface area contributed by atoms with E-state index >= 15 is 0 Å². The molecular formula is C30H34FN3O4S. The fourth-order valence-electron chi connectivity index (χ4n) is 4.51. The molecular weight excluding hydrogens is 517 g/mol. The van der Waals surface area contributed by atoms with Crippen LogP contribution in [0.2, 0.25) is 0 Å². The lowest BCUT2D eigenvalue weighted by Crippen LogP contribution is -2.48. The fraction of sp³-hybridized carbons (Fsp3) is 0.300. The lowest BCUT2D eigenvalue weighted by atomic mass is 10.1. The van der Waals surface area contributed by atoms with Crippen molar-refractivity contribution in [1.29, 1.82) is 0 Å². The van der Waals surface area contributed by atoms with Gasteiger partial charge in [0, 0.05) is 43.9 Å². The number of amides is 1. The maximum absolute atomic E-state index is 13.5. The molecule has 1 fully saturated rings. The summed E-state index contributed by atoms with van der Waals surface area (Å²) in [6, 6.07) is 20.5. The van der Waals surface area contributed by atoms with E-state index in [0.29, 0.717) is 42.3 Å². The third kappa shape index (κ3) is 7.68. The summed E-state index contributed by atoms with van der Waals surface area (Å²) in [4.78, 5) is 17.5. The first kappa shape index (κ1) is 28.3. The highest BCUT2D eigenvalue weighted by Gasteiger charge is 2.24. The summed E-state index contributed by atoms with van der Waals surface area (Å²) in [6.45, 7) is 5.72. The first-order chi connectivity index (χ1) is 18.7. The Labute approximate surface area is 230 Å². The predicted molar refractivity (Wildman–Crippen MR) is 153 cm³/mol. The van der Waals surface area contributed by atoms with Crippen LogP contribution in [0.15, 0.2) is 78.9 Å². The third-order valence-electron chi connectivity index (χ3n) is 6.57. The van der Waals surface area contributed by atoms with Gasteiger partial charge in [0.2, 0.25) is 10.0 Å². The van der Waals surface area contributed by atoms with Gasteiger partial charge in [-0.3, -0.25) is 14.0 Å². The summed E-state index contributed by atoms with van der Waals surface area (Å²) in [7, 11) is -3.70. The van der Waals surface area contributed by atoms with Crippen molar-refractivity contribution in [3.05, 3.63) is 101 Å². The molecule has 1 saturated heterocycles. The topological polar surface area (TPSA) is 70.2 Å². The van der Waals surface area contributed by atoms with Crippen LogP contribution in [0, 0.1) is 5.82 Å². The Hall–Kier alpha value is -3.69. The van der Waals surface area contributed by atoms with Gasteiger partial charge in [-0.2, -0.15) is 0 Å². The van der Waals surface area contributed by atoms with Crippen molar-refractivity contribution in [2.75, 3.05) is 49.9 Å². The van der Waals surface area contributed by atoms with Crippen LogP contribution < -0.4 is 9.04 Å². The molecule has 4 rings (SSSR count). The number of hydrogen-bond donors (Lipinski definition) is 0. The van der Waals surface area contributed by atoms with Crippen LogP contribution in [0.5, 0.6) is 5.75 Å². The smallest absolute Gasteiger partial charge is 0.253 e. The molecule has 0 atom stereocenters. The van der Waals surface area contributed by atoms with E-state index in [1.807, 2.05) is 30.0 Å². The maximum Gasteiger partial charge on any atom is 0.253 e. The maximum atomic E-state index is 13.5. The molecule has 1 amide bonds. The number of piperazine rings is 1. The van der Waals surface area contributed by atoms with E-state index in [-0.39, 0.29) is 12.5 Å². The van der Waals surface area contributed by atoms with Crippen LogP contribution in [0.1, 0.15) is 28.4 Å². The molecule has 0 aromatic heterocycles. The quantitative estimate of drug-likeness (QED) is 0.367. The molecule has 1 heterocycles. The zero-order valence-corrected chi connectivity index (χ0v) is 23.1. The van der Waals surface area contributed by atoms with Gasteiger partial charge in [0.05, 0.1) is 25.1 Å². The molecule has 0 saturated carbocycles. The molecule has 0 radical (unpaired) electrons. The zero-order valence-electron chi connectivity index (χ0n) is 22.3. The number of ether oxygens (including phenoxy) is 1. The van der Waals surface area contributed by atoms with Crippen LogP contribution in [-0.4, -0.2) is 69.7 Å². The summed E-state index contributed by atoms with van der Waals surface area (Å²) in [5, 5.41) is 0. The van der Waals surface area contributed by atoms with Crippen molar-refractivity contribution in [2.24, 2.45) is 0 Å². The van der Waals surface area contributed by atoms with Gasteiger partial charge >= 0.3 is 0 Å². The number of hydrogen-bond acceptors (Lipinski definition) is 5. The van der Waals surface area contributed by atoms with E-state index in [0.717, 1.165) is 31.5 Å². The number of nitrogens with zero attached hydrogens (tertiary/aromatic N) is 3. The first-order valence-corrected chi connectivity index (χ1v) is 14.8. The van der Waals surface area contributed by atoms with Gasteiger partial charge < -0.3 is 9.64 Å². The van der Waals surface area contributed by atoms with Crippen molar-refractivity contribution in [2.45, 2.75) is 13.5 Å². The molecule has 9 heteroatoms. The Balaban J connectivity index is 1.46. The van der Waals surface area contributed by atoms with Crippen LogP contribution in [0.3, 0.4) is 0 Å². The highest BCUT2D eigenvalue weighted by Crippen LogP contribution is 2.27. The number of benzene rings is 3. The van der Waals surface area contributed by atoms with Gasteiger partial charge in [0.1, 0.15) is 11.6 Å². The first-order valence-electron chi connectivity index (χ1n) is 13.0. The Morgan fingerprint density at radius 1 is 1.00 bits per heavy atom. The molecule has 0 bridgehead atoms. The summed E-state index contributed by atoms with van der Waals surface area (Å²) in [6.07, 6.45) is 5.34. The molecule has 1 aliphatic rings. The molecule has 206 valence electrons. The van der Waals surface area contributed by atoms with E-state index in [4.69, 9.17) is 4.74 Å². The van der Waals surface area contributed by atoms with Crippen molar-refractivity contribution in [3.8, 4) is 5.75 Å². The van der Waals surface area contributed by atoms with E-state index < -0.39 is 15.8 Å². The predicted octanol–water partition coefficient (Wildman–Crippen LogP) is 4.66. The molecule has 0 spiro atoms. The van der Waals surface area contributed by atoms with Crippen molar-refractivity contribution in [3.63, 3.8) is 0 Å². The monoisotopic (exact) mass is 551 g/mol. The lowest BCUT2D eigenvalue weighted by molar-refractivity contribution is 0.0650. The SMILES string of the molecule is CCOc1ccc(C(=O)N2CCN(C/C=C/c3ccccc3)CC2)cc1CN(c1ccc(F)cc1)S(C)(=O)=O. The summed E-state index contributed by atoms with van der Waals surface area (Å²) < 4.78 is 45.7. The minimum Gasteiger partial charge on any atom is -0.494 e. The minimum absolute atomic E-state index is 0.0531. The van der Waals surface area contributed by atoms with Gasteiger partial charge in [-0.25, -0.2) is 12.8 Å². The average molecular weight is 552 g/mol. The molecule has 3 aromatic rings. The number of rotatable bonds is 10. The van der Waals surface area contributed by atoms with E-state index in [1.54, 1.807) is 18.2 Å². The van der Waals surface area contributed by atoms with Gasteiger partial charge in [-0.15, -0.1) is 0 Å². The number of halogens is 1. The lowest BCUT2D eigenvalue weighted by Gasteiger charge is -2.34. The Bertz CT molecular complexity index is 1390. The zero-order chi connectivity index (χ0) is 27.8. The summed E-state index contributed by atoms with van der Waals surface area (Å²) in [5.74, 6) is -0.0617. The largest absolute Gasteiger partial charge is 0.494 e. The molecule has 0 unspecified atom stereocenters. The third-order valence-corrected chi connectivity index (χ3v) is 7.71. The highest BCUT2D eigenvalue weighted by molar-refractivity contribution is 7.92. The van der Waals surface area contributed by atoms with Crippen LogP contribution in [0.25, 0.3) is 6.08 Å². The number of anilines is 1. The van der Waals surface area contributed by atoms with E-state index in [2.05, 4.69) is 29.2 Å². The molecule has 0 aliphatic carbocycles. The summed E-state index contributed by atoms with van der Waals surface area (Å²) >= 11 is 0. The summed E-state index contributed by atoms with van der Waals surface area (Å²) in [5.41, 5.74) is 2.52. The van der Waals surface area contributed by atoms with Gasteiger partial charge in [-0.05, 0) is 55.0 Å². The van der Waals surface area contributed by atoms with Gasteiger partial charge in [0.25, 0.3) is 5.91 Å². The second kappa shape index (κ2) is 12.9. The van der Waals surface area contributed by atoms with Crippen LogP contribution in [-0.2, 0) is 16.6 Å². The molecule has 0 N–H and O–H groups in total. The van der Waals surface area contributed by atoms with E-state index in [9.17, 15) is 17.6 Å². The van der Waals surface area contributed by atoms with Crippen molar-refractivity contribution < 1.29 is 22.3 Å². The van der Waals surface area contributed by atoms with Crippen LogP contribution in [0.4, 0.5) is 10.1 Å². The number of sulfonamides is 1. The second-order valence-corrected chi connectivity index (χ2v) is 11.3. The standard InChI is InChI=1S/C30H34FN3O4S/c1-3-38-29-16-11-25(22-26(29)23-34(39(2,36)37)28-14-12-27(31)13-15-28)30(35)33-20-18-32(19-21-33)17-7-10-24-8-5-4-6-9-24/h4-16,22H,3,17-21,23H2,1-2H3/b10-7+. The van der Waals surface area contributed by atoms with Crippen LogP contribution >= 0.6 is 0 Å². The number of carbonyl (C=O) groups is 1. The molecule has 1 aliphatic heterocycles.